The lowest BCUT2D eigenvalue weighted by Gasteiger charge is -2.25. The third-order valence-electron chi connectivity index (χ3n) is 3.27. The van der Waals surface area contributed by atoms with E-state index in [4.69, 9.17) is 4.98 Å². The quantitative estimate of drug-likeness (QED) is 0.869. The van der Waals surface area contributed by atoms with Crippen molar-refractivity contribution in [1.82, 2.24) is 15.3 Å². The number of nitrogens with one attached hydrogen (secondary N) is 1. The lowest BCUT2D eigenvalue weighted by molar-refractivity contribution is 0.461. The van der Waals surface area contributed by atoms with Gasteiger partial charge in [0.15, 0.2) is 0 Å². The molecule has 0 bridgehead atoms. The average Bonchev–Trinajstić information content (AvgIpc) is 2.28. The van der Waals surface area contributed by atoms with Crippen molar-refractivity contribution in [2.24, 2.45) is 5.92 Å². The number of hydrogen-bond donors (Lipinski definition) is 1. The minimum atomic E-state index is 0.469. The third-order valence-corrected chi connectivity index (χ3v) is 3.27. The molecule has 0 fully saturated rings. The van der Waals surface area contributed by atoms with Crippen molar-refractivity contribution in [3.8, 4) is 0 Å². The summed E-state index contributed by atoms with van der Waals surface area (Å²) in [7, 11) is 0. The number of rotatable bonds is 4. The number of aryl methyl sites for hydroxylation is 1. The summed E-state index contributed by atoms with van der Waals surface area (Å²) >= 11 is 0. The third kappa shape index (κ3) is 3.03. The zero-order valence-corrected chi connectivity index (χ0v) is 11.2. The molecule has 1 aromatic heterocycles. The second-order valence-corrected chi connectivity index (χ2v) is 5.29. The lowest BCUT2D eigenvalue weighted by atomic mass is 9.92. The van der Waals surface area contributed by atoms with Crippen molar-refractivity contribution in [1.29, 1.82) is 0 Å². The van der Waals surface area contributed by atoms with E-state index >= 15 is 0 Å². The van der Waals surface area contributed by atoms with Crippen molar-refractivity contribution >= 4 is 0 Å². The van der Waals surface area contributed by atoms with Crippen LogP contribution in [0.15, 0.2) is 6.20 Å². The monoisotopic (exact) mass is 233 g/mol. The van der Waals surface area contributed by atoms with Gasteiger partial charge in [-0.2, -0.15) is 0 Å². The fourth-order valence-corrected chi connectivity index (χ4v) is 2.51. The first kappa shape index (κ1) is 12.5. The van der Waals surface area contributed by atoms with Gasteiger partial charge in [0.1, 0.15) is 5.82 Å². The van der Waals surface area contributed by atoms with Crippen molar-refractivity contribution < 1.29 is 0 Å². The van der Waals surface area contributed by atoms with Gasteiger partial charge in [-0.05, 0) is 31.7 Å². The summed E-state index contributed by atoms with van der Waals surface area (Å²) in [6.45, 7) is 7.59. The van der Waals surface area contributed by atoms with E-state index in [1.807, 2.05) is 6.20 Å². The average molecular weight is 233 g/mol. The molecule has 1 atom stereocenters. The van der Waals surface area contributed by atoms with E-state index in [1.165, 1.54) is 24.1 Å². The molecular formula is C14H23N3. The van der Waals surface area contributed by atoms with Crippen LogP contribution in [0.25, 0.3) is 0 Å². The van der Waals surface area contributed by atoms with Crippen LogP contribution in [0.1, 0.15) is 56.7 Å². The molecule has 1 heterocycles. The predicted molar refractivity (Wildman–Crippen MR) is 69.9 cm³/mol. The molecule has 0 amide bonds. The largest absolute Gasteiger partial charge is 0.310 e. The normalized spacial score (nSPS) is 19.4. The van der Waals surface area contributed by atoms with Gasteiger partial charge in [-0.15, -0.1) is 0 Å². The summed E-state index contributed by atoms with van der Waals surface area (Å²) in [6.07, 6.45) is 6.60. The number of hydrogen-bond acceptors (Lipinski definition) is 3. The first-order chi connectivity index (χ1) is 8.20. The molecule has 2 rings (SSSR count). The summed E-state index contributed by atoms with van der Waals surface area (Å²) in [5, 5.41) is 3.52. The van der Waals surface area contributed by atoms with E-state index in [9.17, 15) is 0 Å². The van der Waals surface area contributed by atoms with Gasteiger partial charge in [0.2, 0.25) is 0 Å². The van der Waals surface area contributed by atoms with Crippen LogP contribution in [-0.2, 0) is 12.8 Å². The first-order valence-electron chi connectivity index (χ1n) is 6.78. The molecule has 1 unspecified atom stereocenters. The van der Waals surface area contributed by atoms with Gasteiger partial charge < -0.3 is 5.32 Å². The van der Waals surface area contributed by atoms with Gasteiger partial charge in [-0.1, -0.05) is 20.8 Å². The highest BCUT2D eigenvalue weighted by Gasteiger charge is 2.21. The summed E-state index contributed by atoms with van der Waals surface area (Å²) in [5.41, 5.74) is 2.60. The van der Waals surface area contributed by atoms with Crippen LogP contribution in [0.3, 0.4) is 0 Å². The Balaban J connectivity index is 2.20. The van der Waals surface area contributed by atoms with Crippen LogP contribution in [0.5, 0.6) is 0 Å². The second-order valence-electron chi connectivity index (χ2n) is 5.29. The lowest BCUT2D eigenvalue weighted by Crippen LogP contribution is -2.26. The zero-order chi connectivity index (χ0) is 12.3. The molecule has 1 aliphatic rings. The van der Waals surface area contributed by atoms with Gasteiger partial charge >= 0.3 is 0 Å². The maximum atomic E-state index is 4.73. The van der Waals surface area contributed by atoms with E-state index < -0.39 is 0 Å². The van der Waals surface area contributed by atoms with Crippen LogP contribution < -0.4 is 5.32 Å². The Kier molecular flexibility index (Phi) is 4.11. The molecule has 1 aromatic rings. The van der Waals surface area contributed by atoms with E-state index in [0.29, 0.717) is 12.0 Å². The molecule has 0 aromatic carbocycles. The fourth-order valence-electron chi connectivity index (χ4n) is 2.51. The number of nitrogens with zero attached hydrogens (tertiary/aromatic N) is 2. The molecule has 1 aliphatic carbocycles. The molecule has 3 nitrogen and oxygen atoms in total. The van der Waals surface area contributed by atoms with E-state index in [1.54, 1.807) is 0 Å². The molecule has 0 saturated heterocycles. The first-order valence-corrected chi connectivity index (χ1v) is 6.78. The molecular weight excluding hydrogens is 210 g/mol. The Labute approximate surface area is 104 Å². The second kappa shape index (κ2) is 5.58. The minimum absolute atomic E-state index is 0.469. The maximum absolute atomic E-state index is 4.73. The Bertz CT molecular complexity index is 374. The van der Waals surface area contributed by atoms with Crippen LogP contribution in [-0.4, -0.2) is 16.5 Å². The van der Waals surface area contributed by atoms with E-state index in [-0.39, 0.29) is 0 Å². The van der Waals surface area contributed by atoms with Gasteiger partial charge in [0, 0.05) is 29.9 Å². The van der Waals surface area contributed by atoms with Crippen LogP contribution in [0.4, 0.5) is 0 Å². The summed E-state index contributed by atoms with van der Waals surface area (Å²) in [5.74, 6) is 1.64. The van der Waals surface area contributed by atoms with Gasteiger partial charge in [-0.25, -0.2) is 9.97 Å². The molecule has 1 N–H and O–H groups in total. The summed E-state index contributed by atoms with van der Waals surface area (Å²) in [6, 6.07) is 0.469. The topological polar surface area (TPSA) is 37.8 Å². The fraction of sp³-hybridized carbons (Fsp3) is 0.714. The molecule has 0 aliphatic heterocycles. The summed E-state index contributed by atoms with van der Waals surface area (Å²) < 4.78 is 0. The highest BCUT2D eigenvalue weighted by atomic mass is 14.9. The van der Waals surface area contributed by atoms with Crippen molar-refractivity contribution in [3.05, 3.63) is 23.3 Å². The smallest absolute Gasteiger partial charge is 0.128 e. The number of fused-ring (bicyclic) bond motifs is 1. The SMILES string of the molecule is CCNC1CCCc2nc(CC(C)C)ncc21. The maximum Gasteiger partial charge on any atom is 0.128 e. The van der Waals surface area contributed by atoms with Crippen LogP contribution in [0, 0.1) is 5.92 Å². The molecule has 0 radical (unpaired) electrons. The minimum Gasteiger partial charge on any atom is -0.310 e. The Morgan fingerprint density at radius 3 is 3.00 bits per heavy atom. The van der Waals surface area contributed by atoms with Crippen LogP contribution >= 0.6 is 0 Å². The molecule has 17 heavy (non-hydrogen) atoms. The zero-order valence-electron chi connectivity index (χ0n) is 11.2. The molecule has 94 valence electrons. The van der Waals surface area contributed by atoms with Gasteiger partial charge in [0.05, 0.1) is 0 Å². The number of aromatic nitrogens is 2. The van der Waals surface area contributed by atoms with Crippen molar-refractivity contribution in [3.63, 3.8) is 0 Å². The van der Waals surface area contributed by atoms with E-state index in [0.717, 1.165) is 25.2 Å². The highest BCUT2D eigenvalue weighted by molar-refractivity contribution is 5.24. The summed E-state index contributed by atoms with van der Waals surface area (Å²) in [4.78, 5) is 9.25. The Morgan fingerprint density at radius 1 is 1.47 bits per heavy atom. The predicted octanol–water partition coefficient (Wildman–Crippen LogP) is 2.66. The standard InChI is InChI=1S/C14H23N3/c1-4-15-12-6-5-7-13-11(12)9-16-14(17-13)8-10(2)3/h9-10,12,15H,4-8H2,1-3H3. The molecule has 0 saturated carbocycles. The van der Waals surface area contributed by atoms with Gasteiger partial charge in [-0.3, -0.25) is 0 Å². The Morgan fingerprint density at radius 2 is 2.29 bits per heavy atom. The van der Waals surface area contributed by atoms with Crippen molar-refractivity contribution in [2.75, 3.05) is 6.54 Å². The van der Waals surface area contributed by atoms with Crippen molar-refractivity contribution in [2.45, 2.75) is 52.5 Å². The van der Waals surface area contributed by atoms with E-state index in [2.05, 4.69) is 31.1 Å². The molecule has 3 heteroatoms. The van der Waals surface area contributed by atoms with Gasteiger partial charge in [0.25, 0.3) is 0 Å². The molecule has 0 spiro atoms. The highest BCUT2D eigenvalue weighted by Crippen LogP contribution is 2.27. The van der Waals surface area contributed by atoms with Crippen LogP contribution in [0.2, 0.25) is 0 Å². The Hall–Kier alpha value is -0.960.